The second-order valence-corrected chi connectivity index (χ2v) is 11.5. The van der Waals surface area contributed by atoms with Gasteiger partial charge in [-0.15, -0.1) is 0 Å². The van der Waals surface area contributed by atoms with E-state index < -0.39 is 0 Å². The van der Waals surface area contributed by atoms with Crippen molar-refractivity contribution in [1.82, 2.24) is 25.4 Å². The Morgan fingerprint density at radius 3 is 2.68 bits per heavy atom. The molecule has 3 aromatic rings. The maximum absolute atomic E-state index is 6.20. The van der Waals surface area contributed by atoms with Crippen LogP contribution in [0.25, 0.3) is 22.2 Å². The number of benzene rings is 1. The number of aromatic nitrogens is 3. The summed E-state index contributed by atoms with van der Waals surface area (Å²) in [6, 6.07) is 10.5. The van der Waals surface area contributed by atoms with Crippen LogP contribution in [0, 0.1) is 11.3 Å². The molecule has 1 aliphatic carbocycles. The lowest BCUT2D eigenvalue weighted by molar-refractivity contribution is -0.0331. The number of piperidine rings is 1. The largest absolute Gasteiger partial charge is 0.488 e. The normalized spacial score (nSPS) is 23.6. The van der Waals surface area contributed by atoms with Gasteiger partial charge in [0.05, 0.1) is 5.52 Å². The summed E-state index contributed by atoms with van der Waals surface area (Å²) in [5, 5.41) is 12.4. The summed E-state index contributed by atoms with van der Waals surface area (Å²) in [5.41, 5.74) is 3.60. The van der Waals surface area contributed by atoms with Gasteiger partial charge in [-0.25, -0.2) is 4.98 Å². The summed E-state index contributed by atoms with van der Waals surface area (Å²) in [6.45, 7) is 10.6. The van der Waals surface area contributed by atoms with Crippen LogP contribution in [0.5, 0.6) is 5.75 Å². The third kappa shape index (κ3) is 3.75. The molecule has 0 amide bonds. The van der Waals surface area contributed by atoms with Crippen molar-refractivity contribution >= 4 is 16.7 Å². The minimum Gasteiger partial charge on any atom is -0.488 e. The number of nitrogens with zero attached hydrogens (tertiary/aromatic N) is 4. The Labute approximate surface area is 200 Å². The highest BCUT2D eigenvalue weighted by Crippen LogP contribution is 2.43. The highest BCUT2D eigenvalue weighted by atomic mass is 16.5. The van der Waals surface area contributed by atoms with Gasteiger partial charge in [0.25, 0.3) is 0 Å². The van der Waals surface area contributed by atoms with Gasteiger partial charge in [-0.3, -0.25) is 5.10 Å². The number of likely N-dealkylation sites (tertiary alicyclic amines) is 1. The van der Waals surface area contributed by atoms with E-state index in [-0.39, 0.29) is 5.60 Å². The van der Waals surface area contributed by atoms with E-state index in [1.54, 1.807) is 0 Å². The summed E-state index contributed by atoms with van der Waals surface area (Å²) in [7, 11) is 0. The molecule has 0 radical (unpaired) electrons. The van der Waals surface area contributed by atoms with Gasteiger partial charge < -0.3 is 19.9 Å². The van der Waals surface area contributed by atoms with Crippen LogP contribution < -0.4 is 15.0 Å². The number of pyridine rings is 1. The third-order valence-corrected chi connectivity index (χ3v) is 8.34. The molecule has 7 heteroatoms. The molecule has 7 rings (SSSR count). The van der Waals surface area contributed by atoms with Crippen LogP contribution >= 0.6 is 0 Å². The second kappa shape index (κ2) is 7.68. The molecule has 2 N–H and O–H groups in total. The van der Waals surface area contributed by atoms with Crippen molar-refractivity contribution < 1.29 is 4.74 Å². The molecule has 5 heterocycles. The Kier molecular flexibility index (Phi) is 4.68. The number of ether oxygens (including phenoxy) is 1. The number of anilines is 1. The zero-order valence-corrected chi connectivity index (χ0v) is 20.0. The minimum absolute atomic E-state index is 0.0135. The summed E-state index contributed by atoms with van der Waals surface area (Å²) in [4.78, 5) is 9.81. The molecule has 34 heavy (non-hydrogen) atoms. The topological polar surface area (TPSA) is 69.3 Å². The van der Waals surface area contributed by atoms with Gasteiger partial charge in [-0.1, -0.05) is 0 Å². The fourth-order valence-electron chi connectivity index (χ4n) is 6.16. The molecule has 178 valence electrons. The van der Waals surface area contributed by atoms with Gasteiger partial charge in [-0.2, -0.15) is 5.10 Å². The SMILES string of the molecule is CC1(Oc2ccc3[nH]nc(-c4ccnc(N5CC6(CN(CC7CCNCC7)C6)C5)c4)c3c2)CC1. The van der Waals surface area contributed by atoms with Crippen molar-refractivity contribution in [2.24, 2.45) is 11.3 Å². The van der Waals surface area contributed by atoms with Crippen LogP contribution in [-0.4, -0.2) is 71.5 Å². The van der Waals surface area contributed by atoms with Crippen molar-refractivity contribution in [3.8, 4) is 17.0 Å². The Bertz CT molecular complexity index is 1200. The van der Waals surface area contributed by atoms with E-state index in [9.17, 15) is 0 Å². The monoisotopic (exact) mass is 458 g/mol. The van der Waals surface area contributed by atoms with Crippen LogP contribution in [-0.2, 0) is 0 Å². The third-order valence-electron chi connectivity index (χ3n) is 8.34. The van der Waals surface area contributed by atoms with Crippen molar-refractivity contribution in [3.05, 3.63) is 36.5 Å². The van der Waals surface area contributed by atoms with E-state index >= 15 is 0 Å². The standard InChI is InChI=1S/C27H34N6O/c1-26(7-8-26)34-21-2-3-23-22(13-21)25(31-30-23)20-6-11-29-24(12-20)33-17-27(18-33)15-32(16-27)14-19-4-9-28-10-5-19/h2-3,6,11-13,19,28H,4-5,7-10,14-18H2,1H3,(H,30,31). The van der Waals surface area contributed by atoms with Crippen molar-refractivity contribution in [1.29, 1.82) is 0 Å². The maximum atomic E-state index is 6.20. The van der Waals surface area contributed by atoms with E-state index in [4.69, 9.17) is 9.72 Å². The quantitative estimate of drug-likeness (QED) is 0.587. The average Bonchev–Trinajstić information content (AvgIpc) is 3.37. The Morgan fingerprint density at radius 2 is 1.88 bits per heavy atom. The molecule has 0 bridgehead atoms. The molecule has 4 fully saturated rings. The highest BCUT2D eigenvalue weighted by Gasteiger charge is 2.52. The van der Waals surface area contributed by atoms with Crippen LogP contribution in [0.4, 0.5) is 5.82 Å². The van der Waals surface area contributed by atoms with Gasteiger partial charge >= 0.3 is 0 Å². The van der Waals surface area contributed by atoms with Crippen molar-refractivity contribution in [3.63, 3.8) is 0 Å². The Balaban J connectivity index is 1.03. The number of rotatable bonds is 6. The van der Waals surface area contributed by atoms with E-state index in [0.29, 0.717) is 5.41 Å². The first kappa shape index (κ1) is 20.7. The summed E-state index contributed by atoms with van der Waals surface area (Å²) in [5.74, 6) is 2.87. The summed E-state index contributed by atoms with van der Waals surface area (Å²) in [6.07, 6.45) is 6.85. The Morgan fingerprint density at radius 1 is 1.06 bits per heavy atom. The van der Waals surface area contributed by atoms with Gasteiger partial charge in [-0.05, 0) is 81.9 Å². The summed E-state index contributed by atoms with van der Waals surface area (Å²) >= 11 is 0. The van der Waals surface area contributed by atoms with Crippen molar-refractivity contribution in [2.45, 2.75) is 38.2 Å². The number of H-pyrrole nitrogens is 1. The zero-order valence-electron chi connectivity index (χ0n) is 20.0. The predicted molar refractivity (Wildman–Crippen MR) is 134 cm³/mol. The number of hydrogen-bond acceptors (Lipinski definition) is 6. The van der Waals surface area contributed by atoms with E-state index in [0.717, 1.165) is 65.6 Å². The smallest absolute Gasteiger partial charge is 0.129 e. The van der Waals surface area contributed by atoms with Gasteiger partial charge in [0.2, 0.25) is 0 Å². The van der Waals surface area contributed by atoms with Crippen LogP contribution in [0.1, 0.15) is 32.6 Å². The van der Waals surface area contributed by atoms with E-state index in [1.165, 1.54) is 45.6 Å². The molecule has 0 unspecified atom stereocenters. The lowest BCUT2D eigenvalue weighted by Crippen LogP contribution is -2.72. The Hall–Kier alpha value is -2.64. The lowest BCUT2D eigenvalue weighted by Gasteiger charge is -2.61. The van der Waals surface area contributed by atoms with Gasteiger partial charge in [0.15, 0.2) is 0 Å². The first-order chi connectivity index (χ1) is 16.6. The molecular weight excluding hydrogens is 424 g/mol. The molecule has 7 nitrogen and oxygen atoms in total. The minimum atomic E-state index is 0.0135. The van der Waals surface area contributed by atoms with Crippen LogP contribution in [0.2, 0.25) is 0 Å². The number of aromatic amines is 1. The highest BCUT2D eigenvalue weighted by molar-refractivity contribution is 5.94. The molecule has 3 saturated heterocycles. The first-order valence-electron chi connectivity index (χ1n) is 12.9. The van der Waals surface area contributed by atoms with Gasteiger partial charge in [0, 0.05) is 55.3 Å². The molecule has 0 atom stereocenters. The number of fused-ring (bicyclic) bond motifs is 1. The van der Waals surface area contributed by atoms with E-state index in [2.05, 4.69) is 56.5 Å². The molecule has 4 aliphatic rings. The molecule has 3 aliphatic heterocycles. The summed E-state index contributed by atoms with van der Waals surface area (Å²) < 4.78 is 6.20. The fraction of sp³-hybridized carbons (Fsp3) is 0.556. The number of hydrogen-bond donors (Lipinski definition) is 2. The van der Waals surface area contributed by atoms with Crippen LogP contribution in [0.3, 0.4) is 0 Å². The van der Waals surface area contributed by atoms with Crippen molar-refractivity contribution in [2.75, 3.05) is 50.7 Å². The molecule has 1 saturated carbocycles. The first-order valence-corrected chi connectivity index (χ1v) is 12.9. The van der Waals surface area contributed by atoms with Crippen LogP contribution in [0.15, 0.2) is 36.5 Å². The molecule has 1 spiro atoms. The molecule has 2 aromatic heterocycles. The van der Waals surface area contributed by atoms with E-state index in [1.807, 2.05) is 12.3 Å². The van der Waals surface area contributed by atoms with Gasteiger partial charge in [0.1, 0.15) is 22.9 Å². The predicted octanol–water partition coefficient (Wildman–Crippen LogP) is 3.68. The zero-order chi connectivity index (χ0) is 22.8. The maximum Gasteiger partial charge on any atom is 0.129 e. The molecule has 1 aromatic carbocycles. The fourth-order valence-corrected chi connectivity index (χ4v) is 6.16. The second-order valence-electron chi connectivity index (χ2n) is 11.5. The molecular formula is C27H34N6O. The average molecular weight is 459 g/mol. The number of nitrogens with one attached hydrogen (secondary N) is 2. The lowest BCUT2D eigenvalue weighted by atomic mass is 9.72.